The lowest BCUT2D eigenvalue weighted by Crippen LogP contribution is -2.50. The maximum Gasteiger partial charge on any atom is 0.244 e. The van der Waals surface area contributed by atoms with E-state index in [1.165, 1.54) is 16.4 Å². The van der Waals surface area contributed by atoms with Crippen LogP contribution in [0.4, 0.5) is 0 Å². The number of nitrogens with zero attached hydrogens (tertiary/aromatic N) is 5. The lowest BCUT2D eigenvalue weighted by Gasteiger charge is -2.37. The van der Waals surface area contributed by atoms with E-state index in [2.05, 4.69) is 10.3 Å². The Morgan fingerprint density at radius 2 is 1.73 bits per heavy atom. The van der Waals surface area contributed by atoms with Crippen LogP contribution >= 0.6 is 0 Å². The van der Waals surface area contributed by atoms with Gasteiger partial charge in [0, 0.05) is 18.7 Å². The molecule has 0 spiro atoms. The van der Waals surface area contributed by atoms with Crippen LogP contribution in [-0.2, 0) is 10.0 Å². The summed E-state index contributed by atoms with van der Waals surface area (Å²) in [6, 6.07) is 17.8. The van der Waals surface area contributed by atoms with Crippen LogP contribution in [0.5, 0.6) is 0 Å². The average molecular weight is 365 g/mol. The second-order valence-electron chi connectivity index (χ2n) is 6.03. The predicted molar refractivity (Wildman–Crippen MR) is 94.4 cm³/mol. The van der Waals surface area contributed by atoms with Crippen LogP contribution in [-0.4, -0.2) is 40.8 Å². The Morgan fingerprint density at radius 3 is 2.46 bits per heavy atom. The smallest absolute Gasteiger partial charge is 0.244 e. The van der Waals surface area contributed by atoms with E-state index in [9.17, 15) is 8.42 Å². The van der Waals surface area contributed by atoms with Crippen molar-refractivity contribution < 1.29 is 8.42 Å². The second-order valence-corrected chi connectivity index (χ2v) is 7.94. The van der Waals surface area contributed by atoms with Gasteiger partial charge < -0.3 is 0 Å². The van der Waals surface area contributed by atoms with E-state index in [-0.39, 0.29) is 16.5 Å². The summed E-state index contributed by atoms with van der Waals surface area (Å²) >= 11 is 0. The van der Waals surface area contributed by atoms with Crippen molar-refractivity contribution in [1.29, 1.82) is 5.26 Å². The van der Waals surface area contributed by atoms with Crippen molar-refractivity contribution in [2.24, 2.45) is 0 Å². The van der Waals surface area contributed by atoms with E-state index in [1.807, 2.05) is 42.6 Å². The molecule has 7 nitrogen and oxygen atoms in total. The molecule has 0 saturated carbocycles. The van der Waals surface area contributed by atoms with Crippen molar-refractivity contribution in [1.82, 2.24) is 19.3 Å². The first kappa shape index (κ1) is 16.4. The highest BCUT2D eigenvalue weighted by atomic mass is 32.2. The Labute approximate surface area is 151 Å². The zero-order chi connectivity index (χ0) is 18.1. The molecule has 26 heavy (non-hydrogen) atoms. The Balaban J connectivity index is 1.51. The van der Waals surface area contributed by atoms with Gasteiger partial charge in [-0.2, -0.15) is 9.57 Å². The van der Waals surface area contributed by atoms with Gasteiger partial charge in [0.15, 0.2) is 0 Å². The zero-order valence-corrected chi connectivity index (χ0v) is 14.5. The summed E-state index contributed by atoms with van der Waals surface area (Å²) in [5.41, 5.74) is 1.87. The Hall–Kier alpha value is -3.02. The highest BCUT2D eigenvalue weighted by Gasteiger charge is 2.39. The molecular weight excluding hydrogens is 350 g/mol. The molecule has 0 unspecified atom stereocenters. The molecular formula is C18H15N5O2S. The summed E-state index contributed by atoms with van der Waals surface area (Å²) < 4.78 is 28.5. The third kappa shape index (κ3) is 2.77. The lowest BCUT2D eigenvalue weighted by molar-refractivity contribution is 0.189. The van der Waals surface area contributed by atoms with Crippen molar-refractivity contribution in [3.63, 3.8) is 0 Å². The molecule has 0 bridgehead atoms. The number of benzene rings is 2. The molecule has 3 aromatic rings. The minimum atomic E-state index is -3.68. The van der Waals surface area contributed by atoms with Crippen LogP contribution in [0.25, 0.3) is 11.3 Å². The maximum atomic E-state index is 12.7. The van der Waals surface area contributed by atoms with Crippen LogP contribution in [0.2, 0.25) is 0 Å². The standard InChI is InChI=1S/C18H15N5O2S/c19-10-15-8-4-5-9-18(15)26(24,25)22-11-16(12-22)23-13-17(20-21-23)14-6-2-1-3-7-14/h1-9,13,16H,11-12H2. The van der Waals surface area contributed by atoms with Gasteiger partial charge in [-0.3, -0.25) is 0 Å². The molecule has 8 heteroatoms. The number of sulfonamides is 1. The Bertz CT molecular complexity index is 1080. The van der Waals surface area contributed by atoms with Gasteiger partial charge in [-0.15, -0.1) is 5.10 Å². The lowest BCUT2D eigenvalue weighted by atomic mass is 10.1. The normalized spacial score (nSPS) is 15.3. The van der Waals surface area contributed by atoms with Gasteiger partial charge in [0.25, 0.3) is 0 Å². The van der Waals surface area contributed by atoms with E-state index in [0.717, 1.165) is 11.3 Å². The van der Waals surface area contributed by atoms with Crippen LogP contribution in [0.15, 0.2) is 65.7 Å². The fourth-order valence-corrected chi connectivity index (χ4v) is 4.56. The number of rotatable bonds is 4. The maximum absolute atomic E-state index is 12.7. The van der Waals surface area contributed by atoms with Crippen LogP contribution in [0.1, 0.15) is 11.6 Å². The molecule has 1 aliphatic heterocycles. The monoisotopic (exact) mass is 365 g/mol. The molecule has 0 aliphatic carbocycles. The third-order valence-corrected chi connectivity index (χ3v) is 6.30. The quantitative estimate of drug-likeness (QED) is 0.706. The van der Waals surface area contributed by atoms with Gasteiger partial charge in [-0.25, -0.2) is 13.1 Å². The fraction of sp³-hybridized carbons (Fsp3) is 0.167. The molecule has 2 aromatic carbocycles. The van der Waals surface area contributed by atoms with Gasteiger partial charge in [-0.05, 0) is 12.1 Å². The summed E-state index contributed by atoms with van der Waals surface area (Å²) in [5, 5.41) is 17.4. The summed E-state index contributed by atoms with van der Waals surface area (Å²) in [6.45, 7) is 0.610. The van der Waals surface area contributed by atoms with Crippen LogP contribution in [0, 0.1) is 11.3 Å². The third-order valence-electron chi connectivity index (χ3n) is 4.41. The molecule has 2 heterocycles. The number of hydrogen-bond donors (Lipinski definition) is 0. The van der Waals surface area contributed by atoms with Crippen molar-refractivity contribution in [2.45, 2.75) is 10.9 Å². The molecule has 130 valence electrons. The summed E-state index contributed by atoms with van der Waals surface area (Å²) in [4.78, 5) is 0.0458. The summed E-state index contributed by atoms with van der Waals surface area (Å²) in [7, 11) is -3.68. The Morgan fingerprint density at radius 1 is 1.04 bits per heavy atom. The van der Waals surface area contributed by atoms with Gasteiger partial charge in [-0.1, -0.05) is 47.7 Å². The second kappa shape index (κ2) is 6.37. The predicted octanol–water partition coefficient (Wildman–Crippen LogP) is 2.06. The largest absolute Gasteiger partial charge is 0.246 e. The number of aromatic nitrogens is 3. The van der Waals surface area contributed by atoms with Gasteiger partial charge in [0.2, 0.25) is 10.0 Å². The van der Waals surface area contributed by atoms with Crippen molar-refractivity contribution in [3.8, 4) is 17.3 Å². The van der Waals surface area contributed by atoms with E-state index in [0.29, 0.717) is 13.1 Å². The minimum Gasteiger partial charge on any atom is -0.246 e. The Kier molecular flexibility index (Phi) is 4.03. The number of hydrogen-bond acceptors (Lipinski definition) is 5. The highest BCUT2D eigenvalue weighted by molar-refractivity contribution is 7.89. The van der Waals surface area contributed by atoms with Gasteiger partial charge >= 0.3 is 0 Å². The molecule has 1 aliphatic rings. The first-order valence-corrected chi connectivity index (χ1v) is 9.50. The van der Waals surface area contributed by atoms with Crippen molar-refractivity contribution in [3.05, 3.63) is 66.4 Å². The molecule has 0 atom stereocenters. The average Bonchev–Trinajstić information content (AvgIpc) is 3.10. The molecule has 1 aromatic heterocycles. The van der Waals surface area contributed by atoms with Gasteiger partial charge in [0.1, 0.15) is 11.8 Å². The van der Waals surface area contributed by atoms with E-state index in [4.69, 9.17) is 5.26 Å². The molecule has 0 amide bonds. The van der Waals surface area contributed by atoms with E-state index >= 15 is 0 Å². The van der Waals surface area contributed by atoms with Crippen LogP contribution in [0.3, 0.4) is 0 Å². The zero-order valence-electron chi connectivity index (χ0n) is 13.7. The molecule has 0 N–H and O–H groups in total. The SMILES string of the molecule is N#Cc1ccccc1S(=O)(=O)N1CC(n2cc(-c3ccccc3)nn2)C1. The minimum absolute atomic E-state index is 0.0458. The topological polar surface area (TPSA) is 91.9 Å². The molecule has 0 radical (unpaired) electrons. The molecule has 1 fully saturated rings. The summed E-state index contributed by atoms with van der Waals surface area (Å²) in [5.74, 6) is 0. The molecule has 4 rings (SSSR count). The van der Waals surface area contributed by atoms with E-state index < -0.39 is 10.0 Å². The van der Waals surface area contributed by atoms with Crippen LogP contribution < -0.4 is 0 Å². The first-order chi connectivity index (χ1) is 12.6. The van der Waals surface area contributed by atoms with Gasteiger partial charge in [0.05, 0.1) is 22.7 Å². The van der Waals surface area contributed by atoms with E-state index in [1.54, 1.807) is 16.8 Å². The van der Waals surface area contributed by atoms with Crippen molar-refractivity contribution in [2.75, 3.05) is 13.1 Å². The summed E-state index contributed by atoms with van der Waals surface area (Å²) in [6.07, 6.45) is 1.83. The fourth-order valence-electron chi connectivity index (χ4n) is 2.90. The first-order valence-electron chi connectivity index (χ1n) is 8.06. The van der Waals surface area contributed by atoms with Crippen molar-refractivity contribution >= 4 is 10.0 Å². The number of nitriles is 1. The molecule has 1 saturated heterocycles. The highest BCUT2D eigenvalue weighted by Crippen LogP contribution is 2.30.